The molecule has 19 heavy (non-hydrogen) atoms. The molecule has 102 valence electrons. The fraction of sp³-hybridized carbons (Fsp3) is 0.250. The van der Waals surface area contributed by atoms with Crippen molar-refractivity contribution in [2.24, 2.45) is 5.84 Å². The normalized spacial score (nSPS) is 9.79. The molecule has 0 atom stereocenters. The first-order valence-corrected chi connectivity index (χ1v) is 5.56. The van der Waals surface area contributed by atoms with Crippen LogP contribution in [0.25, 0.3) is 0 Å². The summed E-state index contributed by atoms with van der Waals surface area (Å²) in [6.45, 7) is 1.31. The second kappa shape index (κ2) is 6.50. The van der Waals surface area contributed by atoms with E-state index in [1.807, 2.05) is 0 Å². The lowest BCUT2D eigenvalue weighted by Crippen LogP contribution is -2.38. The molecule has 0 fully saturated rings. The molecule has 0 unspecified atom stereocenters. The lowest BCUT2D eigenvalue weighted by atomic mass is 10.2. The molecule has 1 aromatic carbocycles. The number of nitrogens with one attached hydrogen (secondary N) is 1. The van der Waals surface area contributed by atoms with Crippen LogP contribution in [-0.4, -0.2) is 34.4 Å². The standard InChI is InChI=1S/C12H15N3O4/c1-8(16)14-10-4-2-9(3-5-10)12(19)15(13)7-6-11(17)18/h2-5H,6-7,13H2,1H3,(H,14,16)(H,17,18). The topological polar surface area (TPSA) is 113 Å². The van der Waals surface area contributed by atoms with Crippen molar-refractivity contribution < 1.29 is 19.5 Å². The molecule has 0 aromatic heterocycles. The quantitative estimate of drug-likeness (QED) is 0.406. The van der Waals surface area contributed by atoms with Gasteiger partial charge in [0.2, 0.25) is 5.91 Å². The van der Waals surface area contributed by atoms with Gasteiger partial charge in [-0.2, -0.15) is 0 Å². The number of nitrogens with zero attached hydrogens (tertiary/aromatic N) is 1. The Bertz CT molecular complexity index is 484. The first-order valence-electron chi connectivity index (χ1n) is 5.56. The molecule has 0 spiro atoms. The van der Waals surface area contributed by atoms with E-state index in [1.54, 1.807) is 12.1 Å². The molecular weight excluding hydrogens is 250 g/mol. The summed E-state index contributed by atoms with van der Waals surface area (Å²) >= 11 is 0. The number of carbonyl (C=O) groups excluding carboxylic acids is 2. The van der Waals surface area contributed by atoms with Crippen LogP contribution in [-0.2, 0) is 9.59 Å². The second-order valence-electron chi connectivity index (χ2n) is 3.90. The van der Waals surface area contributed by atoms with Crippen LogP contribution in [0.15, 0.2) is 24.3 Å². The largest absolute Gasteiger partial charge is 0.481 e. The van der Waals surface area contributed by atoms with Gasteiger partial charge in [-0.3, -0.25) is 19.4 Å². The maximum Gasteiger partial charge on any atom is 0.305 e. The number of benzene rings is 1. The number of hydrazine groups is 1. The summed E-state index contributed by atoms with van der Waals surface area (Å²) in [4.78, 5) is 33.0. The van der Waals surface area contributed by atoms with Crippen molar-refractivity contribution >= 4 is 23.5 Å². The average molecular weight is 265 g/mol. The van der Waals surface area contributed by atoms with Crippen LogP contribution in [0.1, 0.15) is 23.7 Å². The van der Waals surface area contributed by atoms with E-state index in [4.69, 9.17) is 10.9 Å². The van der Waals surface area contributed by atoms with Gasteiger partial charge in [-0.25, -0.2) is 5.84 Å². The summed E-state index contributed by atoms with van der Waals surface area (Å²) < 4.78 is 0. The molecule has 0 aliphatic rings. The summed E-state index contributed by atoms with van der Waals surface area (Å²) in [6.07, 6.45) is -0.216. The zero-order valence-electron chi connectivity index (χ0n) is 10.4. The predicted molar refractivity (Wildman–Crippen MR) is 68.2 cm³/mol. The Balaban J connectivity index is 2.66. The fourth-order valence-corrected chi connectivity index (χ4v) is 1.38. The lowest BCUT2D eigenvalue weighted by Gasteiger charge is -2.15. The first kappa shape index (κ1) is 14.7. The Labute approximate surface area is 110 Å². The zero-order chi connectivity index (χ0) is 14.4. The van der Waals surface area contributed by atoms with E-state index < -0.39 is 11.9 Å². The molecule has 0 heterocycles. The molecule has 1 aromatic rings. The summed E-state index contributed by atoms with van der Waals surface area (Å²) in [5, 5.41) is 11.9. The highest BCUT2D eigenvalue weighted by atomic mass is 16.4. The molecular formula is C12H15N3O4. The number of amides is 2. The molecule has 0 saturated carbocycles. The van der Waals surface area contributed by atoms with Gasteiger partial charge >= 0.3 is 5.97 Å². The first-order chi connectivity index (χ1) is 8.90. The Kier molecular flexibility index (Phi) is 5.01. The highest BCUT2D eigenvalue weighted by Crippen LogP contribution is 2.10. The van der Waals surface area contributed by atoms with Crippen molar-refractivity contribution in [3.05, 3.63) is 29.8 Å². The van der Waals surface area contributed by atoms with Gasteiger partial charge in [0.05, 0.1) is 6.42 Å². The van der Waals surface area contributed by atoms with Gasteiger partial charge in [0.1, 0.15) is 0 Å². The number of aliphatic carboxylic acids is 1. The maximum atomic E-state index is 11.8. The van der Waals surface area contributed by atoms with Crippen LogP contribution in [0.4, 0.5) is 5.69 Å². The van der Waals surface area contributed by atoms with Crippen LogP contribution < -0.4 is 11.2 Å². The zero-order valence-corrected chi connectivity index (χ0v) is 10.4. The van der Waals surface area contributed by atoms with E-state index >= 15 is 0 Å². The van der Waals surface area contributed by atoms with Crippen molar-refractivity contribution in [1.82, 2.24) is 5.01 Å². The van der Waals surface area contributed by atoms with Gasteiger partial charge < -0.3 is 10.4 Å². The summed E-state index contributed by atoms with van der Waals surface area (Å²) in [5.41, 5.74) is 0.889. The van der Waals surface area contributed by atoms with Crippen molar-refractivity contribution in [2.75, 3.05) is 11.9 Å². The van der Waals surface area contributed by atoms with E-state index in [-0.39, 0.29) is 18.9 Å². The van der Waals surface area contributed by atoms with E-state index in [0.29, 0.717) is 11.3 Å². The Morgan fingerprint density at radius 3 is 2.32 bits per heavy atom. The van der Waals surface area contributed by atoms with Crippen molar-refractivity contribution in [2.45, 2.75) is 13.3 Å². The number of anilines is 1. The molecule has 0 radical (unpaired) electrons. The summed E-state index contributed by atoms with van der Waals surface area (Å²) in [5.74, 6) is 3.76. The number of carbonyl (C=O) groups is 3. The van der Waals surface area contributed by atoms with E-state index in [1.165, 1.54) is 19.1 Å². The van der Waals surface area contributed by atoms with Gasteiger partial charge in [-0.1, -0.05) is 0 Å². The van der Waals surface area contributed by atoms with Gasteiger partial charge in [0, 0.05) is 24.7 Å². The minimum absolute atomic E-state index is 0.0678. The number of hydrogen-bond donors (Lipinski definition) is 3. The highest BCUT2D eigenvalue weighted by Gasteiger charge is 2.13. The predicted octanol–water partition coefficient (Wildman–Crippen LogP) is 0.436. The fourth-order valence-electron chi connectivity index (χ4n) is 1.38. The SMILES string of the molecule is CC(=O)Nc1ccc(C(=O)N(N)CCC(=O)O)cc1. The van der Waals surface area contributed by atoms with Crippen LogP contribution >= 0.6 is 0 Å². The monoisotopic (exact) mass is 265 g/mol. The number of carboxylic acids is 1. The van der Waals surface area contributed by atoms with E-state index in [0.717, 1.165) is 5.01 Å². The molecule has 0 saturated heterocycles. The van der Waals surface area contributed by atoms with Crippen LogP contribution in [0.2, 0.25) is 0 Å². The second-order valence-corrected chi connectivity index (χ2v) is 3.90. The third kappa shape index (κ3) is 4.76. The molecule has 0 bridgehead atoms. The molecule has 1 rings (SSSR count). The Morgan fingerprint density at radius 2 is 1.84 bits per heavy atom. The number of nitrogens with two attached hydrogens (primary N) is 1. The van der Waals surface area contributed by atoms with Crippen LogP contribution in [0.5, 0.6) is 0 Å². The molecule has 7 heteroatoms. The van der Waals surface area contributed by atoms with Crippen molar-refractivity contribution in [3.8, 4) is 0 Å². The van der Waals surface area contributed by atoms with Crippen molar-refractivity contribution in [1.29, 1.82) is 0 Å². The summed E-state index contributed by atoms with van der Waals surface area (Å²) in [6, 6.07) is 6.15. The molecule has 0 aliphatic carbocycles. The van der Waals surface area contributed by atoms with Crippen LogP contribution in [0.3, 0.4) is 0 Å². The molecule has 2 amide bonds. The third-order valence-electron chi connectivity index (χ3n) is 2.28. The minimum atomic E-state index is -1.02. The number of carboxylic acid groups (broad SMARTS) is 1. The lowest BCUT2D eigenvalue weighted by molar-refractivity contribution is -0.137. The maximum absolute atomic E-state index is 11.8. The van der Waals surface area contributed by atoms with Gasteiger partial charge in [-0.05, 0) is 24.3 Å². The van der Waals surface area contributed by atoms with Gasteiger partial charge in [0.25, 0.3) is 5.91 Å². The smallest absolute Gasteiger partial charge is 0.305 e. The molecule has 4 N–H and O–H groups in total. The average Bonchev–Trinajstić information content (AvgIpc) is 2.35. The van der Waals surface area contributed by atoms with Crippen molar-refractivity contribution in [3.63, 3.8) is 0 Å². The Morgan fingerprint density at radius 1 is 1.26 bits per heavy atom. The Hall–Kier alpha value is -2.41. The molecule has 7 nitrogen and oxygen atoms in total. The minimum Gasteiger partial charge on any atom is -0.481 e. The van der Waals surface area contributed by atoms with E-state index in [2.05, 4.69) is 5.32 Å². The number of rotatable bonds is 5. The van der Waals surface area contributed by atoms with Gasteiger partial charge in [0.15, 0.2) is 0 Å². The third-order valence-corrected chi connectivity index (χ3v) is 2.28. The number of hydrogen-bond acceptors (Lipinski definition) is 4. The highest BCUT2D eigenvalue weighted by molar-refractivity contribution is 5.95. The van der Waals surface area contributed by atoms with Gasteiger partial charge in [-0.15, -0.1) is 0 Å². The van der Waals surface area contributed by atoms with Crippen LogP contribution in [0, 0.1) is 0 Å². The summed E-state index contributed by atoms with van der Waals surface area (Å²) in [7, 11) is 0. The van der Waals surface area contributed by atoms with E-state index in [9.17, 15) is 14.4 Å². The molecule has 0 aliphatic heterocycles.